The smallest absolute Gasteiger partial charge is 0.196 e. The number of Topliss-reactive ketones (excluding diaryl/α,β-unsaturated/α-hetero) is 1. The SMILES string of the molecule is CC(=O)CCc1cc(=O)c2c(O)cc(C)cc2o1. The first-order valence-corrected chi connectivity index (χ1v) is 5.73. The normalized spacial score (nSPS) is 10.8. The number of hydrogen-bond donors (Lipinski definition) is 1. The van der Waals surface area contributed by atoms with E-state index in [9.17, 15) is 14.7 Å². The van der Waals surface area contributed by atoms with Gasteiger partial charge in [0.1, 0.15) is 28.3 Å². The zero-order chi connectivity index (χ0) is 13.3. The van der Waals surface area contributed by atoms with Crippen LogP contribution in [0.5, 0.6) is 5.75 Å². The summed E-state index contributed by atoms with van der Waals surface area (Å²) in [6.07, 6.45) is 0.738. The Bertz CT molecular complexity index is 667. The van der Waals surface area contributed by atoms with E-state index >= 15 is 0 Å². The minimum absolute atomic E-state index is 0.0461. The highest BCUT2D eigenvalue weighted by Gasteiger charge is 2.10. The van der Waals surface area contributed by atoms with Crippen molar-refractivity contribution in [3.8, 4) is 5.75 Å². The number of aromatic hydroxyl groups is 1. The van der Waals surface area contributed by atoms with Crippen molar-refractivity contribution in [1.29, 1.82) is 0 Å². The first kappa shape index (κ1) is 12.4. The summed E-state index contributed by atoms with van der Waals surface area (Å²) in [5.41, 5.74) is 0.887. The van der Waals surface area contributed by atoms with Crippen LogP contribution in [0, 0.1) is 6.92 Å². The molecule has 2 rings (SSSR count). The van der Waals surface area contributed by atoms with Gasteiger partial charge < -0.3 is 14.3 Å². The standard InChI is InChI=1S/C14H14O4/c1-8-5-11(16)14-12(17)7-10(4-3-9(2)15)18-13(14)6-8/h5-7,16H,3-4H2,1-2H3. The first-order valence-electron chi connectivity index (χ1n) is 5.73. The van der Waals surface area contributed by atoms with E-state index in [2.05, 4.69) is 0 Å². The number of hydrogen-bond acceptors (Lipinski definition) is 4. The molecule has 0 aliphatic rings. The highest BCUT2D eigenvalue weighted by molar-refractivity contribution is 5.83. The van der Waals surface area contributed by atoms with E-state index in [1.807, 2.05) is 0 Å². The Labute approximate surface area is 104 Å². The third kappa shape index (κ3) is 2.42. The van der Waals surface area contributed by atoms with Gasteiger partial charge in [-0.25, -0.2) is 0 Å². The molecule has 94 valence electrons. The topological polar surface area (TPSA) is 67.5 Å². The number of carbonyl (C=O) groups excluding carboxylic acids is 1. The molecule has 4 nitrogen and oxygen atoms in total. The predicted molar refractivity (Wildman–Crippen MR) is 67.9 cm³/mol. The Kier molecular flexibility index (Phi) is 3.19. The highest BCUT2D eigenvalue weighted by atomic mass is 16.3. The van der Waals surface area contributed by atoms with Gasteiger partial charge in [-0.15, -0.1) is 0 Å². The predicted octanol–water partition coefficient (Wildman–Crippen LogP) is 2.33. The van der Waals surface area contributed by atoms with Gasteiger partial charge in [-0.2, -0.15) is 0 Å². The maximum atomic E-state index is 11.9. The molecule has 0 radical (unpaired) electrons. The molecule has 0 aliphatic carbocycles. The lowest BCUT2D eigenvalue weighted by atomic mass is 10.1. The molecule has 1 aromatic carbocycles. The van der Waals surface area contributed by atoms with Gasteiger partial charge in [0.05, 0.1) is 0 Å². The van der Waals surface area contributed by atoms with Crippen molar-refractivity contribution in [2.24, 2.45) is 0 Å². The Hall–Kier alpha value is -2.10. The summed E-state index contributed by atoms with van der Waals surface area (Å²) in [7, 11) is 0. The molecule has 1 heterocycles. The van der Waals surface area contributed by atoms with E-state index < -0.39 is 0 Å². The molecule has 0 saturated carbocycles. The molecule has 0 saturated heterocycles. The molecule has 0 amide bonds. The number of aryl methyl sites for hydroxylation is 2. The van der Waals surface area contributed by atoms with Crippen molar-refractivity contribution in [2.45, 2.75) is 26.7 Å². The summed E-state index contributed by atoms with van der Waals surface area (Å²) in [6.45, 7) is 3.30. The van der Waals surface area contributed by atoms with E-state index in [4.69, 9.17) is 4.42 Å². The van der Waals surface area contributed by atoms with E-state index in [0.29, 0.717) is 24.2 Å². The number of benzene rings is 1. The second kappa shape index (κ2) is 4.64. The highest BCUT2D eigenvalue weighted by Crippen LogP contribution is 2.24. The summed E-state index contributed by atoms with van der Waals surface area (Å²) in [4.78, 5) is 22.8. The van der Waals surface area contributed by atoms with E-state index in [1.54, 1.807) is 13.0 Å². The van der Waals surface area contributed by atoms with Crippen LogP contribution in [-0.2, 0) is 11.2 Å². The van der Waals surface area contributed by atoms with Crippen molar-refractivity contribution in [3.05, 3.63) is 39.7 Å². The molecule has 0 unspecified atom stereocenters. The summed E-state index contributed by atoms with van der Waals surface area (Å²) in [5.74, 6) is 0.439. The number of carbonyl (C=O) groups is 1. The zero-order valence-corrected chi connectivity index (χ0v) is 10.3. The number of fused-ring (bicyclic) bond motifs is 1. The van der Waals surface area contributed by atoms with Crippen LogP contribution in [0.15, 0.2) is 27.4 Å². The Balaban J connectivity index is 2.55. The van der Waals surface area contributed by atoms with E-state index in [0.717, 1.165) is 5.56 Å². The molecule has 0 bridgehead atoms. The summed E-state index contributed by atoms with van der Waals surface area (Å²) >= 11 is 0. The molecule has 0 spiro atoms. The first-order chi connectivity index (χ1) is 8.47. The van der Waals surface area contributed by atoms with Gasteiger partial charge in [0.25, 0.3) is 0 Å². The number of ketones is 1. The van der Waals surface area contributed by atoms with Crippen molar-refractivity contribution < 1.29 is 14.3 Å². The average Bonchev–Trinajstić information content (AvgIpc) is 2.24. The molecular weight excluding hydrogens is 232 g/mol. The molecule has 0 fully saturated rings. The van der Waals surface area contributed by atoms with Crippen LogP contribution in [0.2, 0.25) is 0 Å². The van der Waals surface area contributed by atoms with Crippen LogP contribution in [0.25, 0.3) is 11.0 Å². The van der Waals surface area contributed by atoms with Crippen molar-refractivity contribution in [3.63, 3.8) is 0 Å². The molecule has 18 heavy (non-hydrogen) atoms. The van der Waals surface area contributed by atoms with Gasteiger partial charge in [-0.3, -0.25) is 4.79 Å². The lowest BCUT2D eigenvalue weighted by Crippen LogP contribution is -2.04. The molecule has 1 N–H and O–H groups in total. The number of phenols is 1. The monoisotopic (exact) mass is 246 g/mol. The van der Waals surface area contributed by atoms with Crippen LogP contribution in [0.4, 0.5) is 0 Å². The molecule has 0 aliphatic heterocycles. The molecule has 2 aromatic rings. The average molecular weight is 246 g/mol. The van der Waals surface area contributed by atoms with E-state index in [-0.39, 0.29) is 22.3 Å². The molecule has 0 atom stereocenters. The maximum Gasteiger partial charge on any atom is 0.196 e. The largest absolute Gasteiger partial charge is 0.507 e. The fourth-order valence-corrected chi connectivity index (χ4v) is 1.87. The summed E-state index contributed by atoms with van der Waals surface area (Å²) in [5, 5.41) is 9.91. The minimum Gasteiger partial charge on any atom is -0.507 e. The summed E-state index contributed by atoms with van der Waals surface area (Å²) in [6, 6.07) is 4.56. The third-order valence-electron chi connectivity index (χ3n) is 2.73. The quantitative estimate of drug-likeness (QED) is 0.902. The fraction of sp³-hybridized carbons (Fsp3) is 0.286. The van der Waals surface area contributed by atoms with Gasteiger partial charge in [0.2, 0.25) is 0 Å². The van der Waals surface area contributed by atoms with Crippen molar-refractivity contribution >= 4 is 16.8 Å². The Morgan fingerprint density at radius 3 is 2.72 bits per heavy atom. The van der Waals surface area contributed by atoms with E-state index in [1.165, 1.54) is 19.1 Å². The van der Waals surface area contributed by atoms with Gasteiger partial charge in [0.15, 0.2) is 5.43 Å². The number of rotatable bonds is 3. The van der Waals surface area contributed by atoms with Crippen LogP contribution in [-0.4, -0.2) is 10.9 Å². The Morgan fingerprint density at radius 2 is 2.06 bits per heavy atom. The third-order valence-corrected chi connectivity index (χ3v) is 2.73. The molecule has 4 heteroatoms. The Morgan fingerprint density at radius 1 is 1.33 bits per heavy atom. The fourth-order valence-electron chi connectivity index (χ4n) is 1.87. The van der Waals surface area contributed by atoms with Crippen LogP contribution >= 0.6 is 0 Å². The minimum atomic E-state index is -0.285. The number of phenolic OH excluding ortho intramolecular Hbond substituents is 1. The van der Waals surface area contributed by atoms with Crippen LogP contribution in [0.1, 0.15) is 24.7 Å². The lowest BCUT2D eigenvalue weighted by Gasteiger charge is -2.04. The lowest BCUT2D eigenvalue weighted by molar-refractivity contribution is -0.117. The summed E-state index contributed by atoms with van der Waals surface area (Å²) < 4.78 is 5.54. The molecule has 1 aromatic heterocycles. The van der Waals surface area contributed by atoms with Crippen molar-refractivity contribution in [1.82, 2.24) is 0 Å². The second-order valence-electron chi connectivity index (χ2n) is 4.44. The van der Waals surface area contributed by atoms with Gasteiger partial charge >= 0.3 is 0 Å². The zero-order valence-electron chi connectivity index (χ0n) is 10.3. The van der Waals surface area contributed by atoms with Crippen LogP contribution in [0.3, 0.4) is 0 Å². The molecular formula is C14H14O4. The second-order valence-corrected chi connectivity index (χ2v) is 4.44. The van der Waals surface area contributed by atoms with Gasteiger partial charge in [0, 0.05) is 18.9 Å². The van der Waals surface area contributed by atoms with Crippen LogP contribution < -0.4 is 5.43 Å². The maximum absolute atomic E-state index is 11.9. The van der Waals surface area contributed by atoms with Crippen molar-refractivity contribution in [2.75, 3.05) is 0 Å². The van der Waals surface area contributed by atoms with Gasteiger partial charge in [-0.05, 0) is 31.5 Å². The van der Waals surface area contributed by atoms with Gasteiger partial charge in [-0.1, -0.05) is 0 Å².